The molecule has 1 fully saturated rings. The molecule has 27 heavy (non-hydrogen) atoms. The molecule has 6 nitrogen and oxygen atoms in total. The first-order valence-electron chi connectivity index (χ1n) is 8.98. The van der Waals surface area contributed by atoms with Crippen LogP contribution in [0.3, 0.4) is 0 Å². The molecule has 2 aromatic carbocycles. The Bertz CT molecular complexity index is 1020. The fourth-order valence-electron chi connectivity index (χ4n) is 3.23. The van der Waals surface area contributed by atoms with Crippen LogP contribution in [0.25, 0.3) is 11.0 Å². The Morgan fingerprint density at radius 2 is 1.70 bits per heavy atom. The van der Waals surface area contributed by atoms with Crippen LogP contribution in [0.1, 0.15) is 10.6 Å². The lowest BCUT2D eigenvalue weighted by Crippen LogP contribution is -2.44. The summed E-state index contributed by atoms with van der Waals surface area (Å²) < 4.78 is 5.58. The van der Waals surface area contributed by atoms with Crippen molar-refractivity contribution in [3.63, 3.8) is 0 Å². The van der Waals surface area contributed by atoms with Gasteiger partial charge < -0.3 is 19.5 Å². The molecule has 2 heterocycles. The van der Waals surface area contributed by atoms with Crippen LogP contribution >= 0.6 is 0 Å². The van der Waals surface area contributed by atoms with E-state index >= 15 is 0 Å². The van der Waals surface area contributed by atoms with E-state index in [-0.39, 0.29) is 11.2 Å². The highest BCUT2D eigenvalue weighted by molar-refractivity contribution is 6.03. The van der Waals surface area contributed by atoms with Crippen molar-refractivity contribution in [3.8, 4) is 0 Å². The minimum atomic E-state index is -0.440. The maximum absolute atomic E-state index is 12.5. The first-order valence-corrected chi connectivity index (χ1v) is 8.98. The van der Waals surface area contributed by atoms with Gasteiger partial charge in [-0.05, 0) is 43.4 Å². The predicted molar refractivity (Wildman–Crippen MR) is 107 cm³/mol. The third kappa shape index (κ3) is 3.71. The van der Waals surface area contributed by atoms with Crippen molar-refractivity contribution in [3.05, 3.63) is 70.6 Å². The van der Waals surface area contributed by atoms with Gasteiger partial charge in [-0.3, -0.25) is 9.59 Å². The number of piperazine rings is 1. The molecule has 3 aromatic rings. The van der Waals surface area contributed by atoms with Crippen LogP contribution in [0.15, 0.2) is 63.8 Å². The second kappa shape index (κ2) is 7.25. The molecule has 1 aromatic heterocycles. The topological polar surface area (TPSA) is 65.8 Å². The number of carbonyl (C=O) groups is 1. The van der Waals surface area contributed by atoms with E-state index in [2.05, 4.69) is 22.2 Å². The number of fused-ring (bicyclic) bond motifs is 1. The van der Waals surface area contributed by atoms with Crippen LogP contribution in [0, 0.1) is 0 Å². The van der Waals surface area contributed by atoms with Crippen LogP contribution in [0.5, 0.6) is 0 Å². The lowest BCUT2D eigenvalue weighted by Gasteiger charge is -2.34. The third-order valence-corrected chi connectivity index (χ3v) is 4.85. The molecule has 0 saturated carbocycles. The summed E-state index contributed by atoms with van der Waals surface area (Å²) in [5, 5.41) is 3.25. The van der Waals surface area contributed by atoms with E-state index in [1.165, 1.54) is 6.07 Å². The summed E-state index contributed by atoms with van der Waals surface area (Å²) in [6.45, 7) is 4.06. The summed E-state index contributed by atoms with van der Waals surface area (Å²) in [6.07, 6.45) is 0. The molecule has 4 rings (SSSR count). The molecule has 1 amide bonds. The standard InChI is InChI=1S/C21H21N3O3/c1-23-10-12-24(13-11-23)16-8-6-15(7-9-16)22-21(26)20-14-18(25)17-4-2-3-5-19(17)27-20/h2-9,14H,10-13H2,1H3,(H,22,26). The lowest BCUT2D eigenvalue weighted by atomic mass is 10.2. The fraction of sp³-hybridized carbons (Fsp3) is 0.238. The van der Waals surface area contributed by atoms with Gasteiger partial charge >= 0.3 is 0 Å². The normalized spacial score (nSPS) is 15.1. The Morgan fingerprint density at radius 3 is 2.44 bits per heavy atom. The second-order valence-electron chi connectivity index (χ2n) is 6.76. The summed E-state index contributed by atoms with van der Waals surface area (Å²) in [6, 6.07) is 15.9. The Balaban J connectivity index is 1.49. The summed E-state index contributed by atoms with van der Waals surface area (Å²) >= 11 is 0. The molecule has 1 N–H and O–H groups in total. The number of anilines is 2. The number of nitrogens with one attached hydrogen (secondary N) is 1. The largest absolute Gasteiger partial charge is 0.451 e. The predicted octanol–water partition coefficient (Wildman–Crippen LogP) is 2.80. The number of benzene rings is 2. The molecular formula is C21H21N3O3. The molecule has 0 unspecified atom stereocenters. The van der Waals surface area contributed by atoms with Crippen LogP contribution < -0.4 is 15.6 Å². The first-order chi connectivity index (χ1) is 13.1. The van der Waals surface area contributed by atoms with Gasteiger partial charge in [0, 0.05) is 43.6 Å². The van der Waals surface area contributed by atoms with Crippen LogP contribution in [-0.2, 0) is 0 Å². The summed E-state index contributed by atoms with van der Waals surface area (Å²) in [5.74, 6) is -0.438. The van der Waals surface area contributed by atoms with E-state index in [4.69, 9.17) is 4.42 Å². The minimum absolute atomic E-state index is 0.00171. The molecule has 138 valence electrons. The molecule has 0 atom stereocenters. The molecule has 0 spiro atoms. The Labute approximate surface area is 157 Å². The van der Waals surface area contributed by atoms with Crippen LogP contribution in [-0.4, -0.2) is 44.0 Å². The van der Waals surface area contributed by atoms with Gasteiger partial charge in [0.2, 0.25) is 0 Å². The van der Waals surface area contributed by atoms with Crippen molar-refractivity contribution in [2.24, 2.45) is 0 Å². The van der Waals surface area contributed by atoms with Crippen molar-refractivity contribution in [1.82, 2.24) is 4.90 Å². The van der Waals surface area contributed by atoms with E-state index in [0.29, 0.717) is 16.7 Å². The van der Waals surface area contributed by atoms with Crippen molar-refractivity contribution in [1.29, 1.82) is 0 Å². The van der Waals surface area contributed by atoms with Gasteiger partial charge in [0.15, 0.2) is 11.2 Å². The number of nitrogens with zero attached hydrogens (tertiary/aromatic N) is 2. The summed E-state index contributed by atoms with van der Waals surface area (Å²) in [5.41, 5.74) is 1.97. The van der Waals surface area contributed by atoms with Crippen molar-refractivity contribution < 1.29 is 9.21 Å². The molecule has 0 bridgehead atoms. The number of rotatable bonds is 3. The Hall–Kier alpha value is -3.12. The average molecular weight is 363 g/mol. The van der Waals surface area contributed by atoms with Crippen molar-refractivity contribution >= 4 is 28.3 Å². The van der Waals surface area contributed by atoms with E-state index < -0.39 is 5.91 Å². The van der Waals surface area contributed by atoms with E-state index in [1.807, 2.05) is 24.3 Å². The second-order valence-corrected chi connectivity index (χ2v) is 6.76. The van der Waals surface area contributed by atoms with Gasteiger partial charge in [-0.15, -0.1) is 0 Å². The Kier molecular flexibility index (Phi) is 4.64. The number of hydrogen-bond donors (Lipinski definition) is 1. The van der Waals surface area contributed by atoms with Gasteiger partial charge in [0.1, 0.15) is 5.58 Å². The summed E-state index contributed by atoms with van der Waals surface area (Å²) in [7, 11) is 2.13. The number of carbonyl (C=O) groups excluding carboxylic acids is 1. The first kappa shape index (κ1) is 17.3. The van der Waals surface area contributed by atoms with Gasteiger partial charge in [0.25, 0.3) is 5.91 Å². The zero-order valence-electron chi connectivity index (χ0n) is 15.1. The molecule has 1 saturated heterocycles. The number of likely N-dealkylation sites (N-methyl/N-ethyl adjacent to an activating group) is 1. The monoisotopic (exact) mass is 363 g/mol. The van der Waals surface area contributed by atoms with Crippen molar-refractivity contribution in [2.75, 3.05) is 43.4 Å². The van der Waals surface area contributed by atoms with E-state index in [0.717, 1.165) is 31.9 Å². The highest BCUT2D eigenvalue weighted by Crippen LogP contribution is 2.20. The molecule has 0 radical (unpaired) electrons. The molecule has 1 aliphatic rings. The van der Waals surface area contributed by atoms with Gasteiger partial charge in [-0.2, -0.15) is 0 Å². The fourth-order valence-corrected chi connectivity index (χ4v) is 3.23. The SMILES string of the molecule is CN1CCN(c2ccc(NC(=O)c3cc(=O)c4ccccc4o3)cc2)CC1. The Morgan fingerprint density at radius 1 is 1.00 bits per heavy atom. The number of amides is 1. The van der Waals surface area contributed by atoms with Crippen molar-refractivity contribution in [2.45, 2.75) is 0 Å². The maximum Gasteiger partial charge on any atom is 0.291 e. The highest BCUT2D eigenvalue weighted by atomic mass is 16.3. The molecule has 0 aliphatic carbocycles. The number of para-hydroxylation sites is 1. The van der Waals surface area contributed by atoms with Crippen LogP contribution in [0.2, 0.25) is 0 Å². The molecular weight excluding hydrogens is 342 g/mol. The maximum atomic E-state index is 12.5. The zero-order valence-corrected chi connectivity index (χ0v) is 15.1. The molecule has 1 aliphatic heterocycles. The van der Waals surface area contributed by atoms with Gasteiger partial charge in [0.05, 0.1) is 5.39 Å². The van der Waals surface area contributed by atoms with Gasteiger partial charge in [-0.1, -0.05) is 12.1 Å². The quantitative estimate of drug-likeness (QED) is 0.775. The summed E-state index contributed by atoms with van der Waals surface area (Å²) in [4.78, 5) is 29.3. The van der Waals surface area contributed by atoms with Gasteiger partial charge in [-0.25, -0.2) is 0 Å². The van der Waals surface area contributed by atoms with Crippen LogP contribution in [0.4, 0.5) is 11.4 Å². The third-order valence-electron chi connectivity index (χ3n) is 4.85. The van der Waals surface area contributed by atoms with E-state index in [1.54, 1.807) is 24.3 Å². The smallest absolute Gasteiger partial charge is 0.291 e. The lowest BCUT2D eigenvalue weighted by molar-refractivity contribution is 0.0997. The highest BCUT2D eigenvalue weighted by Gasteiger charge is 2.15. The minimum Gasteiger partial charge on any atom is -0.451 e. The number of hydrogen-bond acceptors (Lipinski definition) is 5. The zero-order chi connectivity index (χ0) is 18.8. The molecule has 6 heteroatoms. The average Bonchev–Trinajstić information content (AvgIpc) is 2.69. The van der Waals surface area contributed by atoms with E-state index in [9.17, 15) is 9.59 Å².